The molecule has 0 saturated carbocycles. The summed E-state index contributed by atoms with van der Waals surface area (Å²) in [5.74, 6) is 1.50. The third-order valence-electron chi connectivity index (χ3n) is 11.1. The Morgan fingerprint density at radius 1 is 0.417 bits per heavy atom. The van der Waals surface area contributed by atoms with Gasteiger partial charge in [0.1, 0.15) is 11.2 Å². The summed E-state index contributed by atoms with van der Waals surface area (Å²) < 4.78 is 8.93. The van der Waals surface area contributed by atoms with Crippen LogP contribution in [0.1, 0.15) is 11.1 Å². The van der Waals surface area contributed by atoms with Crippen LogP contribution in [0.25, 0.3) is 106 Å². The fraction of sp³-hybridized carbons (Fsp3) is 0. The molecule has 0 aliphatic carbocycles. The van der Waals surface area contributed by atoms with E-state index in [9.17, 15) is 10.5 Å². The number of rotatable bonds is 6. The summed E-state index contributed by atoms with van der Waals surface area (Å²) in [5, 5.41) is 25.4. The van der Waals surface area contributed by atoms with Gasteiger partial charge in [-0.3, -0.25) is 0 Å². The number of hydrogen-bond donors (Lipinski definition) is 0. The number of hydrogen-bond acceptors (Lipinski definition) is 6. The zero-order valence-corrected chi connectivity index (χ0v) is 31.9. The van der Waals surface area contributed by atoms with Crippen molar-refractivity contribution in [2.24, 2.45) is 0 Å². The second-order valence-corrected chi connectivity index (χ2v) is 14.6. The fourth-order valence-electron chi connectivity index (χ4n) is 8.46. The largest absolute Gasteiger partial charge is 0.455 e. The SMILES string of the molecule is N#Cc1ccccc1-c1cc(-c2nc(-c3ccccc3)nc(-c3ccccc3)n2)cc(-c2ccccc2C#N)c1-n1c2ccccc2c2c3oc4ccccc4c3ccc21. The number of nitrogens with zero attached hydrogens (tertiary/aromatic N) is 6. The van der Waals surface area contributed by atoms with Crippen molar-refractivity contribution in [2.75, 3.05) is 0 Å². The van der Waals surface area contributed by atoms with Crippen molar-refractivity contribution in [1.29, 1.82) is 10.5 Å². The van der Waals surface area contributed by atoms with Gasteiger partial charge in [-0.15, -0.1) is 0 Å². The van der Waals surface area contributed by atoms with E-state index in [1.165, 1.54) is 0 Å². The second-order valence-electron chi connectivity index (χ2n) is 14.6. The third kappa shape index (κ3) is 5.54. The summed E-state index contributed by atoms with van der Waals surface area (Å²) >= 11 is 0. The summed E-state index contributed by atoms with van der Waals surface area (Å²) in [6.45, 7) is 0. The quantitative estimate of drug-likeness (QED) is 0.167. The second kappa shape index (κ2) is 14.1. The Bertz CT molecular complexity index is 3440. The molecule has 0 aliphatic rings. The molecule has 278 valence electrons. The minimum atomic E-state index is 0.451. The molecule has 7 nitrogen and oxygen atoms in total. The Kier molecular flexibility index (Phi) is 8.11. The molecule has 3 heterocycles. The number of furan rings is 1. The first kappa shape index (κ1) is 34.6. The van der Waals surface area contributed by atoms with Crippen LogP contribution in [0.15, 0.2) is 186 Å². The van der Waals surface area contributed by atoms with Crippen LogP contribution in [0.4, 0.5) is 0 Å². The van der Waals surface area contributed by atoms with E-state index in [4.69, 9.17) is 19.4 Å². The highest BCUT2D eigenvalue weighted by Gasteiger charge is 2.26. The average Bonchev–Trinajstić information content (AvgIpc) is 3.87. The van der Waals surface area contributed by atoms with Gasteiger partial charge in [-0.2, -0.15) is 10.5 Å². The molecule has 0 amide bonds. The van der Waals surface area contributed by atoms with Crippen molar-refractivity contribution in [3.05, 3.63) is 193 Å². The molecule has 0 saturated heterocycles. The van der Waals surface area contributed by atoms with E-state index in [0.29, 0.717) is 34.2 Å². The molecule has 11 aromatic rings. The van der Waals surface area contributed by atoms with Gasteiger partial charge in [0.25, 0.3) is 0 Å². The van der Waals surface area contributed by atoms with E-state index in [1.807, 2.05) is 140 Å². The monoisotopic (exact) mass is 766 g/mol. The van der Waals surface area contributed by atoms with Gasteiger partial charge in [0, 0.05) is 55.1 Å². The molecule has 0 spiro atoms. The number of benzene rings is 8. The van der Waals surface area contributed by atoms with Crippen molar-refractivity contribution < 1.29 is 4.42 Å². The Morgan fingerprint density at radius 3 is 1.52 bits per heavy atom. The van der Waals surface area contributed by atoms with Crippen molar-refractivity contribution in [2.45, 2.75) is 0 Å². The van der Waals surface area contributed by atoms with Crippen LogP contribution in [-0.2, 0) is 0 Å². The van der Waals surface area contributed by atoms with Gasteiger partial charge in [0.2, 0.25) is 0 Å². The Morgan fingerprint density at radius 2 is 0.917 bits per heavy atom. The third-order valence-corrected chi connectivity index (χ3v) is 11.1. The molecule has 0 aliphatic heterocycles. The van der Waals surface area contributed by atoms with E-state index in [0.717, 1.165) is 82.8 Å². The lowest BCUT2D eigenvalue weighted by atomic mass is 9.89. The topological polar surface area (TPSA) is 104 Å². The van der Waals surface area contributed by atoms with E-state index >= 15 is 0 Å². The highest BCUT2D eigenvalue weighted by molar-refractivity contribution is 6.24. The van der Waals surface area contributed by atoms with Crippen LogP contribution >= 0.6 is 0 Å². The van der Waals surface area contributed by atoms with Crippen molar-refractivity contribution in [3.8, 4) is 74.2 Å². The van der Waals surface area contributed by atoms with Crippen LogP contribution in [0, 0.1) is 22.7 Å². The molecular weight excluding hydrogens is 737 g/mol. The Balaban J connectivity index is 1.31. The van der Waals surface area contributed by atoms with E-state index in [1.54, 1.807) is 0 Å². The van der Waals surface area contributed by atoms with E-state index < -0.39 is 0 Å². The summed E-state index contributed by atoms with van der Waals surface area (Å²) in [7, 11) is 0. The summed E-state index contributed by atoms with van der Waals surface area (Å²) in [5.41, 5.74) is 10.6. The number of nitriles is 2. The molecule has 0 N–H and O–H groups in total. The van der Waals surface area contributed by atoms with Crippen LogP contribution in [0.2, 0.25) is 0 Å². The van der Waals surface area contributed by atoms with Gasteiger partial charge in [-0.05, 0) is 48.5 Å². The van der Waals surface area contributed by atoms with Crippen molar-refractivity contribution in [3.63, 3.8) is 0 Å². The molecule has 8 aromatic carbocycles. The van der Waals surface area contributed by atoms with Gasteiger partial charge >= 0.3 is 0 Å². The normalized spacial score (nSPS) is 11.3. The number of para-hydroxylation sites is 2. The summed E-state index contributed by atoms with van der Waals surface area (Å²) in [6.07, 6.45) is 0. The average molecular weight is 767 g/mol. The molecule has 7 heteroatoms. The maximum absolute atomic E-state index is 10.7. The molecule has 11 rings (SSSR count). The van der Waals surface area contributed by atoms with Gasteiger partial charge in [0.15, 0.2) is 17.5 Å². The fourth-order valence-corrected chi connectivity index (χ4v) is 8.46. The Labute approximate surface area is 344 Å². The number of fused-ring (bicyclic) bond motifs is 7. The zero-order valence-electron chi connectivity index (χ0n) is 31.9. The predicted octanol–water partition coefficient (Wildman–Crippen LogP) is 12.9. The molecule has 60 heavy (non-hydrogen) atoms. The van der Waals surface area contributed by atoms with Gasteiger partial charge < -0.3 is 8.98 Å². The number of aromatic nitrogens is 4. The smallest absolute Gasteiger partial charge is 0.164 e. The lowest BCUT2D eigenvalue weighted by Crippen LogP contribution is -2.05. The van der Waals surface area contributed by atoms with Crippen LogP contribution in [0.3, 0.4) is 0 Å². The molecule has 0 radical (unpaired) electrons. The first-order valence-electron chi connectivity index (χ1n) is 19.6. The maximum Gasteiger partial charge on any atom is 0.164 e. The van der Waals surface area contributed by atoms with Crippen LogP contribution in [0.5, 0.6) is 0 Å². The molecular formula is C53H30N6O. The highest BCUT2D eigenvalue weighted by atomic mass is 16.3. The Hall–Kier alpha value is -8.65. The van der Waals surface area contributed by atoms with Gasteiger partial charge in [-0.25, -0.2) is 15.0 Å². The summed E-state index contributed by atoms with van der Waals surface area (Å²) in [6, 6.07) is 64.8. The summed E-state index contributed by atoms with van der Waals surface area (Å²) in [4.78, 5) is 15.2. The van der Waals surface area contributed by atoms with Crippen molar-refractivity contribution >= 4 is 43.7 Å². The van der Waals surface area contributed by atoms with Crippen LogP contribution in [-0.4, -0.2) is 19.5 Å². The van der Waals surface area contributed by atoms with Crippen molar-refractivity contribution in [1.82, 2.24) is 19.5 Å². The molecule has 0 bridgehead atoms. The predicted molar refractivity (Wildman–Crippen MR) is 238 cm³/mol. The lowest BCUT2D eigenvalue weighted by molar-refractivity contribution is 0.673. The molecule has 0 fully saturated rings. The minimum Gasteiger partial charge on any atom is -0.455 e. The zero-order chi connectivity index (χ0) is 40.2. The highest BCUT2D eigenvalue weighted by Crippen LogP contribution is 2.47. The van der Waals surface area contributed by atoms with Gasteiger partial charge in [0.05, 0.1) is 45.4 Å². The van der Waals surface area contributed by atoms with Crippen LogP contribution < -0.4 is 0 Å². The molecule has 0 unspecified atom stereocenters. The lowest BCUT2D eigenvalue weighted by Gasteiger charge is -2.22. The molecule has 0 atom stereocenters. The maximum atomic E-state index is 10.7. The van der Waals surface area contributed by atoms with E-state index in [2.05, 4.69) is 59.2 Å². The first-order valence-corrected chi connectivity index (χ1v) is 19.6. The minimum absolute atomic E-state index is 0.451. The first-order chi connectivity index (χ1) is 29.7. The molecule has 3 aromatic heterocycles. The van der Waals surface area contributed by atoms with E-state index in [-0.39, 0.29) is 0 Å². The standard InChI is InChI=1S/C53H30N6O/c54-31-35-19-7-9-21-38(35)43-29-37(53-57-51(33-15-3-1-4-16-33)56-52(58-53)34-17-5-2-6-18-34)30-44(39-22-10-8-20-36(39)32-55)49(43)59-45-25-13-11-24-42(45)48-46(59)28-27-41-40-23-12-14-26-47(40)60-50(41)48/h1-30H. The van der Waals surface area contributed by atoms with Gasteiger partial charge in [-0.1, -0.05) is 133 Å².